The van der Waals surface area contributed by atoms with E-state index >= 15 is 0 Å². The third kappa shape index (κ3) is 2.27. The number of benzene rings is 1. The van der Waals surface area contributed by atoms with Crippen LogP contribution in [-0.2, 0) is 0 Å². The van der Waals surface area contributed by atoms with Gasteiger partial charge in [-0.3, -0.25) is 4.79 Å². The number of hydrogen-bond acceptors (Lipinski definition) is 5. The van der Waals surface area contributed by atoms with Gasteiger partial charge in [0, 0.05) is 0 Å². The molecule has 0 radical (unpaired) electrons. The highest BCUT2D eigenvalue weighted by molar-refractivity contribution is 7.80. The normalized spacial score (nSPS) is 10.1. The number of rotatable bonds is 2. The van der Waals surface area contributed by atoms with Crippen molar-refractivity contribution in [2.75, 3.05) is 0 Å². The fourth-order valence-corrected chi connectivity index (χ4v) is 1.55. The number of thiocarbonyl (C=S) groups is 1. The van der Waals surface area contributed by atoms with Crippen molar-refractivity contribution in [3.63, 3.8) is 0 Å². The number of hydrogen-bond donors (Lipinski definition) is 1. The fourth-order valence-electron chi connectivity index (χ4n) is 1.46. The smallest absolute Gasteiger partial charge is 0.267 e. The largest absolute Gasteiger partial charge is 0.275 e. The van der Waals surface area contributed by atoms with Crippen molar-refractivity contribution < 1.29 is 4.79 Å². The number of nitrogens with two attached hydrogens (primary N) is 1. The Balaban J connectivity index is 2.46. The van der Waals surface area contributed by atoms with Gasteiger partial charge in [0.05, 0.1) is 28.6 Å². The summed E-state index contributed by atoms with van der Waals surface area (Å²) >= 11 is 4.88. The lowest BCUT2D eigenvalue weighted by atomic mass is 10.1. The van der Waals surface area contributed by atoms with Gasteiger partial charge in [0.1, 0.15) is 0 Å². The highest BCUT2D eigenvalue weighted by Gasteiger charge is 2.18. The van der Waals surface area contributed by atoms with E-state index in [1.807, 2.05) is 0 Å². The zero-order chi connectivity index (χ0) is 13.1. The summed E-state index contributed by atoms with van der Waals surface area (Å²) in [6.07, 6.45) is 3.18. The van der Waals surface area contributed by atoms with Gasteiger partial charge in [-0.05, 0) is 19.1 Å². The van der Waals surface area contributed by atoms with Crippen molar-refractivity contribution >= 4 is 23.1 Å². The van der Waals surface area contributed by atoms with Crippen molar-refractivity contribution in [1.29, 1.82) is 0 Å². The Morgan fingerprint density at radius 1 is 1.44 bits per heavy atom. The molecular weight excluding hydrogens is 250 g/mol. The minimum absolute atomic E-state index is 0.299. The van der Waals surface area contributed by atoms with Crippen LogP contribution >= 0.6 is 12.2 Å². The lowest BCUT2D eigenvalue weighted by molar-refractivity contribution is 0.0849. The molecule has 1 aromatic heterocycles. The molecule has 0 atom stereocenters. The predicted octanol–water partition coefficient (Wildman–Crippen LogP) is 0.930. The first-order valence-corrected chi connectivity index (χ1v) is 5.57. The zero-order valence-electron chi connectivity index (χ0n) is 9.65. The summed E-state index contributed by atoms with van der Waals surface area (Å²) in [6.45, 7) is 1.59. The van der Waals surface area contributed by atoms with Crippen LogP contribution in [0, 0.1) is 0 Å². The van der Waals surface area contributed by atoms with Crippen molar-refractivity contribution in [3.05, 3.63) is 42.2 Å². The Bertz CT molecular complexity index is 581. The molecule has 1 heterocycles. The Morgan fingerprint density at radius 3 is 2.78 bits per heavy atom. The molecule has 6 nitrogen and oxygen atoms in total. The van der Waals surface area contributed by atoms with Crippen molar-refractivity contribution in [2.45, 2.75) is 6.92 Å². The molecule has 0 spiro atoms. The van der Waals surface area contributed by atoms with E-state index < -0.39 is 0 Å². The summed E-state index contributed by atoms with van der Waals surface area (Å²) in [5.41, 5.74) is 1.02. The van der Waals surface area contributed by atoms with Gasteiger partial charge in [0.25, 0.3) is 5.91 Å². The van der Waals surface area contributed by atoms with Gasteiger partial charge < -0.3 is 0 Å². The van der Waals surface area contributed by atoms with E-state index in [9.17, 15) is 4.79 Å². The summed E-state index contributed by atoms with van der Waals surface area (Å²) in [5, 5.41) is 8.50. The van der Waals surface area contributed by atoms with E-state index in [0.29, 0.717) is 16.2 Å². The number of aromatic nitrogens is 3. The van der Waals surface area contributed by atoms with Crippen molar-refractivity contribution in [3.8, 4) is 5.69 Å². The van der Waals surface area contributed by atoms with Crippen LogP contribution in [0.4, 0.5) is 0 Å². The van der Waals surface area contributed by atoms with E-state index in [1.54, 1.807) is 37.4 Å². The molecule has 18 heavy (non-hydrogen) atoms. The second kappa shape index (κ2) is 5.03. The average Bonchev–Trinajstić information content (AvgIpc) is 2.90. The summed E-state index contributed by atoms with van der Waals surface area (Å²) < 4.78 is 1.50. The lowest BCUT2D eigenvalue weighted by Gasteiger charge is -2.16. The maximum absolute atomic E-state index is 12.2. The summed E-state index contributed by atoms with van der Waals surface area (Å²) in [7, 11) is 0. The molecule has 0 unspecified atom stereocenters. The number of carbonyl (C=O) groups is 1. The quantitative estimate of drug-likeness (QED) is 0.376. The van der Waals surface area contributed by atoms with E-state index in [4.69, 9.17) is 18.1 Å². The summed E-state index contributed by atoms with van der Waals surface area (Å²) in [4.78, 5) is 12.5. The van der Waals surface area contributed by atoms with Crippen LogP contribution in [0.5, 0.6) is 0 Å². The number of para-hydroxylation sites is 1. The number of amides is 1. The minimum Gasteiger partial charge on any atom is -0.267 e. The second-order valence-corrected chi connectivity index (χ2v) is 4.15. The van der Waals surface area contributed by atoms with Crippen LogP contribution in [-0.4, -0.2) is 30.9 Å². The van der Waals surface area contributed by atoms with E-state index in [-0.39, 0.29) is 5.91 Å². The van der Waals surface area contributed by atoms with Crippen LogP contribution in [0.15, 0.2) is 36.7 Å². The number of nitrogens with zero attached hydrogens (tertiary/aromatic N) is 4. The van der Waals surface area contributed by atoms with Crippen LogP contribution in [0.25, 0.3) is 5.69 Å². The first-order chi connectivity index (χ1) is 8.61. The summed E-state index contributed by atoms with van der Waals surface area (Å²) in [5.74, 6) is 5.23. The minimum atomic E-state index is -0.381. The molecule has 0 saturated heterocycles. The monoisotopic (exact) mass is 261 g/mol. The third-order valence-electron chi connectivity index (χ3n) is 2.36. The van der Waals surface area contributed by atoms with Crippen molar-refractivity contribution in [2.24, 2.45) is 5.84 Å². The van der Waals surface area contributed by atoms with Crippen LogP contribution in [0.3, 0.4) is 0 Å². The SMILES string of the molecule is CC(=S)N(N)C(=O)c1ccccc1-n1ccnn1. The molecule has 1 aromatic carbocycles. The third-order valence-corrected chi connectivity index (χ3v) is 2.56. The van der Waals surface area contributed by atoms with Crippen LogP contribution in [0.2, 0.25) is 0 Å². The van der Waals surface area contributed by atoms with Gasteiger partial charge in [-0.25, -0.2) is 15.5 Å². The standard InChI is InChI=1S/C11H11N5OS/c1-8(18)16(12)11(17)9-4-2-3-5-10(9)15-7-6-13-14-15/h2-7H,12H2,1H3. The first-order valence-electron chi connectivity index (χ1n) is 5.16. The Kier molecular flexibility index (Phi) is 3.45. The average molecular weight is 261 g/mol. The van der Waals surface area contributed by atoms with Crippen LogP contribution < -0.4 is 5.84 Å². The topological polar surface area (TPSA) is 77.0 Å². The van der Waals surface area contributed by atoms with Gasteiger partial charge in [0.15, 0.2) is 0 Å². The molecule has 0 aliphatic carbocycles. The van der Waals surface area contributed by atoms with Gasteiger partial charge in [0.2, 0.25) is 0 Å². The molecule has 2 aromatic rings. The van der Waals surface area contributed by atoms with Gasteiger partial charge >= 0.3 is 0 Å². The van der Waals surface area contributed by atoms with E-state index in [0.717, 1.165) is 5.01 Å². The predicted molar refractivity (Wildman–Crippen MR) is 70.0 cm³/mol. The molecular formula is C11H11N5OS. The fraction of sp³-hybridized carbons (Fsp3) is 0.0909. The molecule has 0 aliphatic heterocycles. The maximum atomic E-state index is 12.2. The first kappa shape index (κ1) is 12.3. The highest BCUT2D eigenvalue weighted by Crippen LogP contribution is 2.14. The zero-order valence-corrected chi connectivity index (χ0v) is 10.5. The van der Waals surface area contributed by atoms with Gasteiger partial charge in [-0.15, -0.1) is 5.10 Å². The van der Waals surface area contributed by atoms with E-state index in [2.05, 4.69) is 10.3 Å². The molecule has 0 fully saturated rings. The Hall–Kier alpha value is -2.12. The Labute approximate surface area is 109 Å². The Morgan fingerprint density at radius 2 is 2.17 bits per heavy atom. The second-order valence-electron chi connectivity index (χ2n) is 3.56. The molecule has 0 saturated carbocycles. The number of carbonyl (C=O) groups excluding carboxylic acids is 1. The molecule has 2 rings (SSSR count). The summed E-state index contributed by atoms with van der Waals surface area (Å²) in [6, 6.07) is 6.98. The number of hydrazine groups is 1. The van der Waals surface area contributed by atoms with Gasteiger partial charge in [-0.2, -0.15) is 0 Å². The molecule has 0 aliphatic rings. The molecule has 92 valence electrons. The lowest BCUT2D eigenvalue weighted by Crippen LogP contribution is -2.40. The molecule has 7 heteroatoms. The van der Waals surface area contributed by atoms with Crippen molar-refractivity contribution in [1.82, 2.24) is 20.0 Å². The molecule has 0 bridgehead atoms. The van der Waals surface area contributed by atoms with Crippen LogP contribution in [0.1, 0.15) is 17.3 Å². The maximum Gasteiger partial charge on any atom is 0.275 e. The molecule has 2 N–H and O–H groups in total. The highest BCUT2D eigenvalue weighted by atomic mass is 32.1. The molecule has 1 amide bonds. The van der Waals surface area contributed by atoms with Gasteiger partial charge in [-0.1, -0.05) is 29.6 Å². The van der Waals surface area contributed by atoms with E-state index in [1.165, 1.54) is 10.9 Å².